The Morgan fingerprint density at radius 1 is 0.478 bits per heavy atom. The van der Waals surface area contributed by atoms with Gasteiger partial charge in [-0.15, -0.1) is 10.2 Å². The van der Waals surface area contributed by atoms with E-state index in [1.165, 1.54) is 5.56 Å². The number of esters is 2. The minimum Gasteiger partial charge on any atom is -1.00 e. The summed E-state index contributed by atoms with van der Waals surface area (Å²) in [5.41, 5.74) is 11.5. The molecular weight excluding hydrogens is 1560 g/mol. The number of ether oxygens (including phenoxy) is 2. The van der Waals surface area contributed by atoms with Crippen LogP contribution in [0.1, 0.15) is 158 Å². The molecule has 4 aromatic heterocycles. The van der Waals surface area contributed by atoms with E-state index in [1.54, 1.807) is 41.5 Å². The minimum atomic E-state index is -1.32. The molecular formula is C91H91BrK2N12O9. The summed E-state index contributed by atoms with van der Waals surface area (Å²) >= 11 is 3.55. The van der Waals surface area contributed by atoms with Crippen LogP contribution in [0.5, 0.6) is 0 Å². The van der Waals surface area contributed by atoms with Crippen molar-refractivity contribution in [3.8, 4) is 45.0 Å². The normalized spacial score (nSPS) is 11.2. The minimum absolute atomic E-state index is 0. The number of tetrazole rings is 2. The fourth-order valence-electron chi connectivity index (χ4n) is 14.1. The van der Waals surface area contributed by atoms with Gasteiger partial charge in [0.2, 0.25) is 0 Å². The number of nitrogens with zero attached hydrogens (tertiary/aromatic N) is 11. The third kappa shape index (κ3) is 20.6. The molecule has 0 saturated heterocycles. The van der Waals surface area contributed by atoms with Gasteiger partial charge in [0.15, 0.2) is 23.0 Å². The number of carbonyl (C=O) groups excluding carboxylic acids is 3. The Kier molecular flexibility index (Phi) is 33.2. The number of benzene rings is 10. The van der Waals surface area contributed by atoms with Gasteiger partial charge in [0, 0.05) is 35.8 Å². The Balaban J connectivity index is 0.000000235. The van der Waals surface area contributed by atoms with Crippen LogP contribution < -0.4 is 108 Å². The second kappa shape index (κ2) is 42.6. The molecule has 0 atom stereocenters. The van der Waals surface area contributed by atoms with Crippen molar-refractivity contribution in [2.45, 2.75) is 115 Å². The molecule has 0 saturated carbocycles. The fourth-order valence-corrected chi connectivity index (χ4v) is 14.4. The van der Waals surface area contributed by atoms with Crippen LogP contribution in [0.4, 0.5) is 0 Å². The van der Waals surface area contributed by atoms with Gasteiger partial charge in [0.1, 0.15) is 39.6 Å². The molecule has 0 radical (unpaired) electrons. The van der Waals surface area contributed by atoms with Crippen LogP contribution >= 0.6 is 15.9 Å². The molecule has 115 heavy (non-hydrogen) atoms. The number of hydrogen-bond acceptors (Lipinski definition) is 17. The number of aliphatic hydroxyl groups is 2. The summed E-state index contributed by atoms with van der Waals surface area (Å²) in [5.74, 6) is 1.76. The fraction of sp³-hybridized carbons (Fsp3) is 0.220. The molecule has 21 nitrogen and oxygen atoms in total. The van der Waals surface area contributed by atoms with Crippen molar-refractivity contribution >= 4 is 34.3 Å². The van der Waals surface area contributed by atoms with Gasteiger partial charge in [-0.2, -0.15) is 0 Å². The van der Waals surface area contributed by atoms with E-state index in [1.807, 2.05) is 112 Å². The van der Waals surface area contributed by atoms with Crippen molar-refractivity contribution in [1.82, 2.24) is 59.9 Å². The monoisotopic (exact) mass is 1650 g/mol. The number of halogens is 1. The zero-order chi connectivity index (χ0) is 80.0. The number of alkyl halides is 1. The second-order valence-corrected chi connectivity index (χ2v) is 28.1. The van der Waals surface area contributed by atoms with E-state index >= 15 is 0 Å². The average molecular weight is 1650 g/mol. The summed E-state index contributed by atoms with van der Waals surface area (Å²) in [6.45, 7) is 14.8. The smallest absolute Gasteiger partial charge is 1.00 e. The van der Waals surface area contributed by atoms with E-state index in [-0.39, 0.29) is 129 Å². The molecule has 14 aromatic rings. The summed E-state index contributed by atoms with van der Waals surface area (Å²) in [6.07, 6.45) is 3.14. The number of hydrogen-bond donors (Lipinski definition) is 3. The van der Waals surface area contributed by atoms with Gasteiger partial charge in [-0.3, -0.25) is 4.79 Å². The van der Waals surface area contributed by atoms with Crippen molar-refractivity contribution in [1.29, 1.82) is 0 Å². The summed E-state index contributed by atoms with van der Waals surface area (Å²) < 4.78 is 16.2. The SMILES string of the molecule is BrCc1ccc(-c2ccccc2-c2nnnn2C(c2ccccc2)(c2ccccc2)c2ccccc2)cc1.CCCc1nc(C(=O)OCC)c(C(C)(C)O)[nH]1.CCCc1nc(C(C)(C)O)c(C(=O)OCC)n1Cc1ccc(-c2ccccc2-c2nnnn2C(c2ccccc2)(c2ccccc2)c2ccccc2)cc1.O=CO[O-].[H-].[K+].[K+]. The van der Waals surface area contributed by atoms with E-state index in [4.69, 9.17) is 40.0 Å². The number of aryl methyl sites for hydroxylation is 2. The molecule has 24 heteroatoms. The molecule has 0 amide bonds. The number of rotatable bonds is 26. The van der Waals surface area contributed by atoms with Crippen LogP contribution in [0.15, 0.2) is 279 Å². The summed E-state index contributed by atoms with van der Waals surface area (Å²) in [6, 6.07) is 95.9. The van der Waals surface area contributed by atoms with Gasteiger partial charge in [-0.1, -0.05) is 309 Å². The van der Waals surface area contributed by atoms with Crippen molar-refractivity contribution in [2.75, 3.05) is 13.2 Å². The Morgan fingerprint density at radius 2 is 0.826 bits per heavy atom. The summed E-state index contributed by atoms with van der Waals surface area (Å²) in [5, 5.41) is 57.6. The van der Waals surface area contributed by atoms with Crippen molar-refractivity contribution in [3.63, 3.8) is 0 Å². The summed E-state index contributed by atoms with van der Waals surface area (Å²) in [4.78, 5) is 48.2. The molecule has 10 aromatic carbocycles. The molecule has 14 rings (SSSR count). The Hall–Kier alpha value is -9.20. The first-order valence-corrected chi connectivity index (χ1v) is 38.6. The van der Waals surface area contributed by atoms with Crippen LogP contribution in [-0.2, 0) is 66.2 Å². The zero-order valence-corrected chi connectivity index (χ0v) is 74.2. The first-order chi connectivity index (χ1) is 54.9. The van der Waals surface area contributed by atoms with Crippen LogP contribution in [0, 0.1) is 0 Å². The van der Waals surface area contributed by atoms with E-state index in [2.05, 4.69) is 241 Å². The predicted octanol–water partition coefficient (Wildman–Crippen LogP) is 10.5. The maximum Gasteiger partial charge on any atom is 1.00 e. The number of carbonyl (C=O) groups is 3. The predicted molar refractivity (Wildman–Crippen MR) is 438 cm³/mol. The van der Waals surface area contributed by atoms with Gasteiger partial charge in [0.25, 0.3) is 6.47 Å². The first-order valence-electron chi connectivity index (χ1n) is 37.5. The van der Waals surface area contributed by atoms with Crippen LogP contribution in [0.25, 0.3) is 45.0 Å². The van der Waals surface area contributed by atoms with E-state index in [9.17, 15) is 19.8 Å². The van der Waals surface area contributed by atoms with Crippen LogP contribution in [0.2, 0.25) is 0 Å². The maximum atomic E-state index is 13.3. The topological polar surface area (TPSA) is 276 Å². The number of imidazole rings is 2. The molecule has 0 unspecified atom stereocenters. The molecule has 0 bridgehead atoms. The van der Waals surface area contributed by atoms with Crippen molar-refractivity contribution < 1.29 is 148 Å². The number of nitrogens with one attached hydrogen (secondary N) is 1. The van der Waals surface area contributed by atoms with Gasteiger partial charge < -0.3 is 40.8 Å². The quantitative estimate of drug-likeness (QED) is 0.00864. The van der Waals surface area contributed by atoms with Crippen molar-refractivity contribution in [2.24, 2.45) is 0 Å². The molecule has 578 valence electrons. The van der Waals surface area contributed by atoms with Gasteiger partial charge in [0.05, 0.1) is 18.9 Å². The Morgan fingerprint density at radius 3 is 1.16 bits per heavy atom. The Labute approximate surface area is 765 Å². The molecule has 0 spiro atoms. The van der Waals surface area contributed by atoms with Gasteiger partial charge in [-0.25, -0.2) is 28.9 Å². The molecule has 0 aliphatic rings. The average Bonchev–Trinajstić information content (AvgIpc) is 1.13. The molecule has 0 fully saturated rings. The van der Waals surface area contributed by atoms with Gasteiger partial charge >= 0.3 is 115 Å². The van der Waals surface area contributed by atoms with E-state index in [0.717, 1.165) is 103 Å². The molecule has 0 aliphatic heterocycles. The van der Waals surface area contributed by atoms with Crippen LogP contribution in [-0.4, -0.2) is 102 Å². The molecule has 4 heterocycles. The number of aromatic amines is 1. The maximum absolute atomic E-state index is 13.3. The molecule has 3 N–H and O–H groups in total. The van der Waals surface area contributed by atoms with Gasteiger partial charge in [-0.05, 0) is 142 Å². The Bertz CT molecular complexity index is 5190. The number of H-pyrrole nitrogens is 1. The largest absolute Gasteiger partial charge is 1.00 e. The third-order valence-electron chi connectivity index (χ3n) is 19.0. The summed E-state index contributed by atoms with van der Waals surface area (Å²) in [7, 11) is 0. The third-order valence-corrected chi connectivity index (χ3v) is 19.7. The molecule has 0 aliphatic carbocycles. The van der Waals surface area contributed by atoms with E-state index < -0.39 is 34.2 Å². The van der Waals surface area contributed by atoms with Crippen molar-refractivity contribution in [3.05, 3.63) is 358 Å². The van der Waals surface area contributed by atoms with E-state index in [0.29, 0.717) is 48.4 Å². The first kappa shape index (κ1) is 89.7. The number of aromatic nitrogens is 12. The van der Waals surface area contributed by atoms with Crippen LogP contribution in [0.3, 0.4) is 0 Å². The zero-order valence-electron chi connectivity index (χ0n) is 67.3. The second-order valence-electron chi connectivity index (χ2n) is 27.5. The standard InChI is InChI=1S/C45H44N6O3.C33H25BrN4.C12H20N2O3.CH2O3.2K.H/c1-5-18-39-46-41(44(3,4)53)40(43(52)54-6-2)50(39)31-32-27-29-33(30-28-32)37-25-16-17-26-38(37)42-47-48-49-51(42)45(34-19-10-7-11-20-34,35-21-12-8-13-22-35)36-23-14-9-15-24-36;34-24-25-20-22-26(23-21-25)30-18-10-11-19-31(30)32-35-36-37-38(32)33(27-12-4-1-5-13-27,28-14-6-2-7-15-28)29-16-8-3-9-17-29;1-5-7-8-13-9(11(15)17-6-2)10(14-8)12(3,4)16;2-1-4-3;;;/h7-17,19-30,53H,5-6,18,31H2,1-4H3;1-23H,24H2;16H,5-7H2,1-4H3,(H,13,14);1,3H;;;/q;;;;2*+1;-1/p-1.